The van der Waals surface area contributed by atoms with Crippen LogP contribution in [0, 0.1) is 12.3 Å². The Bertz CT molecular complexity index is 771. The van der Waals surface area contributed by atoms with Crippen LogP contribution in [-0.2, 0) is 9.59 Å². The Morgan fingerprint density at radius 3 is 1.88 bits per heavy atom. The van der Waals surface area contributed by atoms with Crippen LogP contribution in [0.2, 0.25) is 10.0 Å². The van der Waals surface area contributed by atoms with Crippen molar-refractivity contribution in [1.82, 2.24) is 0 Å². The van der Waals surface area contributed by atoms with Crippen LogP contribution in [0.3, 0.4) is 0 Å². The van der Waals surface area contributed by atoms with Crippen molar-refractivity contribution in [2.75, 3.05) is 10.6 Å². The topological polar surface area (TPSA) is 58.2 Å². The third kappa shape index (κ3) is 4.28. The highest BCUT2D eigenvalue weighted by molar-refractivity contribution is 6.42. The normalized spacial score (nSPS) is 11.0. The molecule has 0 bridgehead atoms. The van der Waals surface area contributed by atoms with Crippen molar-refractivity contribution in [2.45, 2.75) is 20.8 Å². The molecule has 2 aromatic carbocycles. The summed E-state index contributed by atoms with van der Waals surface area (Å²) in [5.74, 6) is -0.839. The van der Waals surface area contributed by atoms with E-state index < -0.39 is 17.2 Å². The third-order valence-electron chi connectivity index (χ3n) is 3.62. The molecule has 0 aliphatic heterocycles. The second-order valence-electron chi connectivity index (χ2n) is 6.03. The minimum absolute atomic E-state index is 0.330. The number of halogens is 2. The molecule has 2 amide bonds. The quantitative estimate of drug-likeness (QED) is 0.757. The maximum absolute atomic E-state index is 12.5. The van der Waals surface area contributed by atoms with E-state index in [2.05, 4.69) is 10.6 Å². The van der Waals surface area contributed by atoms with Crippen molar-refractivity contribution in [3.05, 3.63) is 58.1 Å². The summed E-state index contributed by atoms with van der Waals surface area (Å²) in [7, 11) is 0. The molecule has 2 N–H and O–H groups in total. The fourth-order valence-electron chi connectivity index (χ4n) is 1.89. The molecule has 0 unspecified atom stereocenters. The first-order chi connectivity index (χ1) is 11.2. The van der Waals surface area contributed by atoms with Crippen LogP contribution < -0.4 is 10.6 Å². The number of anilines is 2. The number of carbonyl (C=O) groups is 2. The number of carbonyl (C=O) groups excluding carboxylic acids is 2. The highest BCUT2D eigenvalue weighted by Gasteiger charge is 2.36. The van der Waals surface area contributed by atoms with Gasteiger partial charge in [-0.15, -0.1) is 0 Å². The van der Waals surface area contributed by atoms with Gasteiger partial charge in [0.2, 0.25) is 11.8 Å². The van der Waals surface area contributed by atoms with Crippen molar-refractivity contribution in [1.29, 1.82) is 0 Å². The Morgan fingerprint density at radius 2 is 1.33 bits per heavy atom. The number of hydrogen-bond donors (Lipinski definition) is 2. The zero-order valence-electron chi connectivity index (χ0n) is 13.6. The van der Waals surface area contributed by atoms with E-state index in [0.717, 1.165) is 5.56 Å². The molecule has 6 heteroatoms. The van der Waals surface area contributed by atoms with Gasteiger partial charge in [-0.05, 0) is 51.1 Å². The maximum atomic E-state index is 12.5. The zero-order valence-corrected chi connectivity index (χ0v) is 15.1. The fourth-order valence-corrected chi connectivity index (χ4v) is 2.19. The summed E-state index contributed by atoms with van der Waals surface area (Å²) in [6.45, 7) is 5.08. The molecule has 126 valence electrons. The number of rotatable bonds is 4. The molecule has 2 aromatic rings. The fraction of sp³-hybridized carbons (Fsp3) is 0.222. The summed E-state index contributed by atoms with van der Waals surface area (Å²) in [5, 5.41) is 6.16. The average molecular weight is 365 g/mol. The summed E-state index contributed by atoms with van der Waals surface area (Å²) in [6, 6.07) is 12.1. The molecule has 0 heterocycles. The maximum Gasteiger partial charge on any atom is 0.239 e. The first-order valence-corrected chi connectivity index (χ1v) is 8.10. The predicted octanol–water partition coefficient (Wildman–Crippen LogP) is 4.91. The molecular formula is C18H18Cl2N2O2. The molecule has 2 rings (SSSR count). The molecule has 0 fully saturated rings. The summed E-state index contributed by atoms with van der Waals surface area (Å²) in [6.07, 6.45) is 0. The summed E-state index contributed by atoms with van der Waals surface area (Å²) >= 11 is 11.8. The Hall–Kier alpha value is -2.04. The third-order valence-corrected chi connectivity index (χ3v) is 4.36. The van der Waals surface area contributed by atoms with Gasteiger partial charge >= 0.3 is 0 Å². The molecule has 0 atom stereocenters. The molecule has 0 spiro atoms. The number of hydrogen-bond acceptors (Lipinski definition) is 2. The van der Waals surface area contributed by atoms with Gasteiger partial charge in [0, 0.05) is 11.4 Å². The zero-order chi connectivity index (χ0) is 17.9. The highest BCUT2D eigenvalue weighted by atomic mass is 35.5. The van der Waals surface area contributed by atoms with Crippen LogP contribution in [-0.4, -0.2) is 11.8 Å². The van der Waals surface area contributed by atoms with Gasteiger partial charge in [0.15, 0.2) is 0 Å². The Labute approximate surface area is 151 Å². The lowest BCUT2D eigenvalue weighted by Crippen LogP contribution is -2.41. The lowest BCUT2D eigenvalue weighted by Gasteiger charge is -2.23. The number of benzene rings is 2. The van der Waals surface area contributed by atoms with Gasteiger partial charge in [0.05, 0.1) is 10.0 Å². The van der Waals surface area contributed by atoms with E-state index >= 15 is 0 Å². The van der Waals surface area contributed by atoms with Crippen molar-refractivity contribution >= 4 is 46.4 Å². The summed E-state index contributed by atoms with van der Waals surface area (Å²) < 4.78 is 0. The lowest BCUT2D eigenvalue weighted by atomic mass is 9.90. The molecule has 24 heavy (non-hydrogen) atoms. The molecule has 0 aliphatic rings. The van der Waals surface area contributed by atoms with E-state index in [1.54, 1.807) is 38.1 Å². The van der Waals surface area contributed by atoms with E-state index in [-0.39, 0.29) is 0 Å². The molecule has 0 aliphatic carbocycles. The Morgan fingerprint density at radius 1 is 0.833 bits per heavy atom. The van der Waals surface area contributed by atoms with Crippen LogP contribution in [0.4, 0.5) is 11.4 Å². The number of nitrogens with one attached hydrogen (secondary N) is 2. The van der Waals surface area contributed by atoms with Crippen LogP contribution in [0.25, 0.3) is 0 Å². The number of aryl methyl sites for hydroxylation is 1. The molecule has 4 nitrogen and oxygen atoms in total. The van der Waals surface area contributed by atoms with Crippen molar-refractivity contribution in [2.24, 2.45) is 5.41 Å². The van der Waals surface area contributed by atoms with Gasteiger partial charge in [0.1, 0.15) is 5.41 Å². The molecule has 0 saturated heterocycles. The van der Waals surface area contributed by atoms with Crippen molar-refractivity contribution in [3.63, 3.8) is 0 Å². The first kappa shape index (κ1) is 18.3. The molecular weight excluding hydrogens is 347 g/mol. The van der Waals surface area contributed by atoms with E-state index in [1.165, 1.54) is 6.07 Å². The molecule has 0 radical (unpaired) electrons. The van der Waals surface area contributed by atoms with Crippen LogP contribution in [0.1, 0.15) is 19.4 Å². The Balaban J connectivity index is 2.09. The van der Waals surface area contributed by atoms with Crippen LogP contribution in [0.15, 0.2) is 42.5 Å². The van der Waals surface area contributed by atoms with Crippen molar-refractivity contribution in [3.8, 4) is 0 Å². The Kier molecular flexibility index (Phi) is 5.52. The second-order valence-corrected chi connectivity index (χ2v) is 6.84. The van der Waals surface area contributed by atoms with E-state index in [1.807, 2.05) is 19.1 Å². The van der Waals surface area contributed by atoms with Gasteiger partial charge in [-0.3, -0.25) is 9.59 Å². The minimum Gasteiger partial charge on any atom is -0.325 e. The largest absolute Gasteiger partial charge is 0.325 e. The van der Waals surface area contributed by atoms with Gasteiger partial charge in [0.25, 0.3) is 0 Å². The monoisotopic (exact) mass is 364 g/mol. The van der Waals surface area contributed by atoms with Gasteiger partial charge < -0.3 is 10.6 Å². The minimum atomic E-state index is -1.27. The van der Waals surface area contributed by atoms with E-state index in [4.69, 9.17) is 23.2 Å². The standard InChI is InChI=1S/C18H18Cl2N2O2/c1-11-4-6-12(7-5-11)21-16(23)18(2,3)17(24)22-13-8-9-14(19)15(20)10-13/h4-10H,1-3H3,(H,21,23)(H,22,24). The van der Waals surface area contributed by atoms with Crippen LogP contribution in [0.5, 0.6) is 0 Å². The average Bonchev–Trinajstić information content (AvgIpc) is 2.53. The van der Waals surface area contributed by atoms with Gasteiger partial charge in [-0.2, -0.15) is 0 Å². The smallest absolute Gasteiger partial charge is 0.239 e. The first-order valence-electron chi connectivity index (χ1n) is 7.35. The SMILES string of the molecule is Cc1ccc(NC(=O)C(C)(C)C(=O)Nc2ccc(Cl)c(Cl)c2)cc1. The van der Waals surface area contributed by atoms with Crippen molar-refractivity contribution < 1.29 is 9.59 Å². The molecule has 0 aromatic heterocycles. The summed E-state index contributed by atoms with van der Waals surface area (Å²) in [4.78, 5) is 24.9. The van der Waals surface area contributed by atoms with Crippen LogP contribution >= 0.6 is 23.2 Å². The number of amides is 2. The van der Waals surface area contributed by atoms with Gasteiger partial charge in [-0.1, -0.05) is 40.9 Å². The van der Waals surface area contributed by atoms with Gasteiger partial charge in [-0.25, -0.2) is 0 Å². The summed E-state index contributed by atoms with van der Waals surface area (Å²) in [5.41, 5.74) is 0.938. The lowest BCUT2D eigenvalue weighted by molar-refractivity contribution is -0.135. The second kappa shape index (κ2) is 7.24. The predicted molar refractivity (Wildman–Crippen MR) is 98.7 cm³/mol. The van der Waals surface area contributed by atoms with E-state index in [0.29, 0.717) is 21.4 Å². The highest BCUT2D eigenvalue weighted by Crippen LogP contribution is 2.27. The van der Waals surface area contributed by atoms with E-state index in [9.17, 15) is 9.59 Å². The molecule has 0 saturated carbocycles.